The Morgan fingerprint density at radius 2 is 1.86 bits per heavy atom. The van der Waals surface area contributed by atoms with Crippen LogP contribution in [0.25, 0.3) is 10.4 Å². The van der Waals surface area contributed by atoms with Crippen molar-refractivity contribution < 1.29 is 38.7 Å². The van der Waals surface area contributed by atoms with E-state index in [4.69, 9.17) is 14.2 Å². The summed E-state index contributed by atoms with van der Waals surface area (Å²) < 4.78 is 30.1. The fourth-order valence-corrected chi connectivity index (χ4v) is 5.52. The zero-order chi connectivity index (χ0) is 26.0. The third-order valence-electron chi connectivity index (χ3n) is 6.44. The first-order valence-electron chi connectivity index (χ1n) is 11.5. The van der Waals surface area contributed by atoms with Gasteiger partial charge in [0.1, 0.15) is 18.0 Å². The Morgan fingerprint density at radius 3 is 2.50 bits per heavy atom. The number of aliphatic hydroxyl groups excluding tert-OH is 3. The molecule has 1 unspecified atom stereocenters. The molecule has 5 atom stereocenters. The number of aryl methyl sites for hydroxylation is 1. The summed E-state index contributed by atoms with van der Waals surface area (Å²) in [5, 5.41) is 31.5. The van der Waals surface area contributed by atoms with Crippen LogP contribution in [0.3, 0.4) is 0 Å². The molecule has 4 rings (SSSR count). The van der Waals surface area contributed by atoms with Crippen molar-refractivity contribution >= 4 is 17.3 Å². The lowest BCUT2D eigenvalue weighted by Crippen LogP contribution is -2.65. The topological polar surface area (TPSA) is 105 Å². The third-order valence-corrected chi connectivity index (χ3v) is 7.57. The largest absolute Gasteiger partial charge is 0.457 e. The standard InChI is InChI=1S/C27H29FO7S/c1-15-4-7-19(27(33-3)26(32)25(34-16(2)30)24(31)22(14-29)35-27)12-18(15)13-21-10-11-23(36-21)17-5-8-20(28)9-6-17/h4-12,22,24-26,29,31-32H,13-14H2,1-3H3/t22-,24-,25+,26?,27-/m1/s1. The summed E-state index contributed by atoms with van der Waals surface area (Å²) in [5.74, 6) is -2.76. The summed E-state index contributed by atoms with van der Waals surface area (Å²) in [6, 6.07) is 15.8. The number of esters is 1. The number of benzene rings is 2. The normalized spacial score (nSPS) is 26.1. The molecule has 0 bridgehead atoms. The van der Waals surface area contributed by atoms with Crippen LogP contribution < -0.4 is 0 Å². The van der Waals surface area contributed by atoms with Crippen molar-refractivity contribution in [3.05, 3.63) is 82.0 Å². The van der Waals surface area contributed by atoms with Gasteiger partial charge in [0.15, 0.2) is 12.2 Å². The van der Waals surface area contributed by atoms with Gasteiger partial charge in [-0.15, -0.1) is 11.3 Å². The van der Waals surface area contributed by atoms with Crippen LogP contribution in [0.1, 0.15) is 28.5 Å². The summed E-state index contributed by atoms with van der Waals surface area (Å²) in [7, 11) is 1.34. The second-order valence-corrected chi connectivity index (χ2v) is 9.98. The molecule has 2 aromatic carbocycles. The van der Waals surface area contributed by atoms with E-state index in [0.29, 0.717) is 12.0 Å². The van der Waals surface area contributed by atoms with Gasteiger partial charge in [-0.1, -0.05) is 24.3 Å². The molecule has 2 heterocycles. The van der Waals surface area contributed by atoms with E-state index in [2.05, 4.69) is 0 Å². The molecule has 1 aliphatic rings. The Kier molecular flexibility index (Phi) is 7.89. The molecule has 3 aromatic rings. The second kappa shape index (κ2) is 10.8. The fraction of sp³-hybridized carbons (Fsp3) is 0.370. The number of halogens is 1. The Balaban J connectivity index is 1.67. The van der Waals surface area contributed by atoms with Gasteiger partial charge in [0.2, 0.25) is 5.79 Å². The Labute approximate surface area is 212 Å². The predicted molar refractivity (Wildman–Crippen MR) is 132 cm³/mol. The lowest BCUT2D eigenvalue weighted by atomic mass is 9.86. The van der Waals surface area contributed by atoms with E-state index in [0.717, 1.165) is 26.4 Å². The number of ether oxygens (including phenoxy) is 3. The Hall–Kier alpha value is -2.66. The van der Waals surface area contributed by atoms with E-state index in [1.807, 2.05) is 31.2 Å². The van der Waals surface area contributed by atoms with Crippen LogP contribution in [0, 0.1) is 12.7 Å². The van der Waals surface area contributed by atoms with Gasteiger partial charge in [0, 0.05) is 35.8 Å². The number of aliphatic hydroxyl groups is 3. The van der Waals surface area contributed by atoms with Crippen molar-refractivity contribution in [1.29, 1.82) is 0 Å². The summed E-state index contributed by atoms with van der Waals surface area (Å²) in [5.41, 5.74) is 3.33. The van der Waals surface area contributed by atoms with Gasteiger partial charge in [-0.25, -0.2) is 4.39 Å². The molecule has 192 valence electrons. The molecule has 9 heteroatoms. The summed E-state index contributed by atoms with van der Waals surface area (Å²) in [6.45, 7) is 2.56. The predicted octanol–water partition coefficient (Wildman–Crippen LogP) is 3.30. The maximum Gasteiger partial charge on any atom is 0.303 e. The van der Waals surface area contributed by atoms with Crippen LogP contribution in [-0.4, -0.2) is 59.4 Å². The lowest BCUT2D eigenvalue weighted by molar-refractivity contribution is -0.366. The Morgan fingerprint density at radius 1 is 1.14 bits per heavy atom. The summed E-state index contributed by atoms with van der Waals surface area (Å²) in [6.07, 6.45) is -4.95. The lowest BCUT2D eigenvalue weighted by Gasteiger charge is -2.48. The van der Waals surface area contributed by atoms with Gasteiger partial charge >= 0.3 is 5.97 Å². The van der Waals surface area contributed by atoms with Gasteiger partial charge in [0.25, 0.3) is 0 Å². The molecule has 0 radical (unpaired) electrons. The van der Waals surface area contributed by atoms with E-state index in [1.54, 1.807) is 29.5 Å². The van der Waals surface area contributed by atoms with Crippen LogP contribution in [0.2, 0.25) is 0 Å². The van der Waals surface area contributed by atoms with E-state index in [1.165, 1.54) is 26.2 Å². The van der Waals surface area contributed by atoms with E-state index >= 15 is 0 Å². The summed E-state index contributed by atoms with van der Waals surface area (Å²) >= 11 is 1.60. The number of carbonyl (C=O) groups is 1. The molecule has 0 saturated carbocycles. The van der Waals surface area contributed by atoms with Gasteiger partial charge < -0.3 is 29.5 Å². The zero-order valence-corrected chi connectivity index (χ0v) is 21.0. The summed E-state index contributed by atoms with van der Waals surface area (Å²) in [4.78, 5) is 13.7. The van der Waals surface area contributed by atoms with Crippen molar-refractivity contribution in [1.82, 2.24) is 0 Å². The van der Waals surface area contributed by atoms with Gasteiger partial charge in [-0.2, -0.15) is 0 Å². The van der Waals surface area contributed by atoms with Gasteiger partial charge in [0.05, 0.1) is 6.61 Å². The number of hydrogen-bond acceptors (Lipinski definition) is 8. The molecule has 1 saturated heterocycles. The molecule has 1 aliphatic heterocycles. The van der Waals surface area contributed by atoms with Crippen molar-refractivity contribution in [3.8, 4) is 10.4 Å². The number of methoxy groups -OCH3 is 1. The molecular formula is C27H29FO7S. The molecule has 0 aliphatic carbocycles. The van der Waals surface area contributed by atoms with Crippen LogP contribution >= 0.6 is 11.3 Å². The van der Waals surface area contributed by atoms with Crippen molar-refractivity contribution in [2.45, 2.75) is 50.5 Å². The number of hydrogen-bond donors (Lipinski definition) is 3. The zero-order valence-electron chi connectivity index (χ0n) is 20.2. The number of carbonyl (C=O) groups excluding carboxylic acids is 1. The van der Waals surface area contributed by atoms with Crippen molar-refractivity contribution in [2.75, 3.05) is 13.7 Å². The molecule has 3 N–H and O–H groups in total. The molecule has 0 amide bonds. The van der Waals surface area contributed by atoms with Crippen LogP contribution in [0.15, 0.2) is 54.6 Å². The first-order chi connectivity index (χ1) is 17.2. The highest BCUT2D eigenvalue weighted by atomic mass is 32.1. The molecule has 7 nitrogen and oxygen atoms in total. The van der Waals surface area contributed by atoms with Crippen molar-refractivity contribution in [3.63, 3.8) is 0 Å². The van der Waals surface area contributed by atoms with Crippen LogP contribution in [-0.2, 0) is 31.2 Å². The highest BCUT2D eigenvalue weighted by molar-refractivity contribution is 7.15. The van der Waals surface area contributed by atoms with Crippen molar-refractivity contribution in [2.24, 2.45) is 0 Å². The first kappa shape index (κ1) is 26.4. The molecule has 1 fully saturated rings. The third kappa shape index (κ3) is 5.08. The fourth-order valence-electron chi connectivity index (χ4n) is 4.48. The Bertz CT molecular complexity index is 1210. The maximum atomic E-state index is 13.3. The average Bonchev–Trinajstić information content (AvgIpc) is 3.32. The SMILES string of the molecule is CO[C@]1(c2ccc(C)c(Cc3ccc(-c4ccc(F)cc4)s3)c2)O[C@H](CO)[C@@H](O)[C@H](OC(C)=O)C1O. The minimum Gasteiger partial charge on any atom is -0.457 e. The van der Waals surface area contributed by atoms with Gasteiger partial charge in [-0.05, 0) is 53.9 Å². The minimum atomic E-state index is -1.79. The number of thiophene rings is 1. The minimum absolute atomic E-state index is 0.283. The number of rotatable bonds is 7. The molecular weight excluding hydrogens is 487 g/mol. The molecule has 1 aromatic heterocycles. The highest BCUT2D eigenvalue weighted by Gasteiger charge is 2.57. The first-order valence-corrected chi connectivity index (χ1v) is 12.3. The van der Waals surface area contributed by atoms with Crippen LogP contribution in [0.5, 0.6) is 0 Å². The second-order valence-electron chi connectivity index (χ2n) is 8.81. The molecule has 0 spiro atoms. The van der Waals surface area contributed by atoms with Gasteiger partial charge in [-0.3, -0.25) is 4.79 Å². The smallest absolute Gasteiger partial charge is 0.303 e. The van der Waals surface area contributed by atoms with E-state index < -0.39 is 42.8 Å². The van der Waals surface area contributed by atoms with Crippen LogP contribution in [0.4, 0.5) is 4.39 Å². The highest BCUT2D eigenvalue weighted by Crippen LogP contribution is 2.41. The molecule has 36 heavy (non-hydrogen) atoms. The maximum absolute atomic E-state index is 13.3. The monoisotopic (exact) mass is 516 g/mol. The van der Waals surface area contributed by atoms with E-state index in [-0.39, 0.29) is 5.82 Å². The quantitative estimate of drug-likeness (QED) is 0.414. The average molecular weight is 517 g/mol. The van der Waals surface area contributed by atoms with E-state index in [9.17, 15) is 24.5 Å².